The number of carbonyl (C=O) groups excluding carboxylic acids is 1. The highest BCUT2D eigenvalue weighted by molar-refractivity contribution is 5.78. The molecule has 1 N–H and O–H groups in total. The minimum Gasteiger partial charge on any atom is -0.464 e. The van der Waals surface area contributed by atoms with E-state index in [2.05, 4.69) is 17.4 Å². The molecule has 1 atom stereocenters. The molecule has 0 saturated heterocycles. The van der Waals surface area contributed by atoms with Crippen molar-refractivity contribution >= 4 is 18.0 Å². The van der Waals surface area contributed by atoms with Gasteiger partial charge < -0.3 is 10.1 Å². The summed E-state index contributed by atoms with van der Waals surface area (Å²) in [4.78, 5) is 10.8. The van der Waals surface area contributed by atoms with E-state index in [9.17, 15) is 4.79 Å². The number of para-hydroxylation sites is 1. The van der Waals surface area contributed by atoms with Crippen molar-refractivity contribution in [1.29, 1.82) is 0 Å². The number of carbonyl (C=O) groups is 1. The summed E-state index contributed by atoms with van der Waals surface area (Å²) in [6, 6.07) is 13.7. The number of aldehydes is 1. The molecule has 2 aromatic rings. The van der Waals surface area contributed by atoms with E-state index in [0.717, 1.165) is 29.7 Å². The standard InChI is InChI=1S/C17H13NO2/c19-11-12-5-6-16-13(9-12)7-8-17(20-16)10-14-3-1-2-4-15(14)18-17/h1-9,11,18H,10H2. The summed E-state index contributed by atoms with van der Waals surface area (Å²) in [5.74, 6) is 0.804. The van der Waals surface area contributed by atoms with Crippen LogP contribution in [0.4, 0.5) is 5.69 Å². The van der Waals surface area contributed by atoms with Gasteiger partial charge in [-0.25, -0.2) is 0 Å². The van der Waals surface area contributed by atoms with E-state index < -0.39 is 5.72 Å². The third-order valence-corrected chi connectivity index (χ3v) is 3.81. The van der Waals surface area contributed by atoms with Crippen molar-refractivity contribution in [2.24, 2.45) is 0 Å². The molecule has 98 valence electrons. The van der Waals surface area contributed by atoms with E-state index in [-0.39, 0.29) is 0 Å². The van der Waals surface area contributed by atoms with E-state index in [4.69, 9.17) is 4.74 Å². The van der Waals surface area contributed by atoms with E-state index in [0.29, 0.717) is 5.56 Å². The number of ether oxygens (including phenoxy) is 1. The summed E-state index contributed by atoms with van der Waals surface area (Å²) in [7, 11) is 0. The molecule has 2 aromatic carbocycles. The lowest BCUT2D eigenvalue weighted by Gasteiger charge is -2.31. The molecular weight excluding hydrogens is 250 g/mol. The number of nitrogens with one attached hydrogen (secondary N) is 1. The predicted molar refractivity (Wildman–Crippen MR) is 78.0 cm³/mol. The molecule has 0 bridgehead atoms. The molecule has 2 heterocycles. The van der Waals surface area contributed by atoms with Gasteiger partial charge in [-0.15, -0.1) is 0 Å². The maximum atomic E-state index is 10.8. The smallest absolute Gasteiger partial charge is 0.204 e. The maximum Gasteiger partial charge on any atom is 0.204 e. The lowest BCUT2D eigenvalue weighted by atomic mass is 10.0. The van der Waals surface area contributed by atoms with Crippen molar-refractivity contribution < 1.29 is 9.53 Å². The maximum absolute atomic E-state index is 10.8. The Morgan fingerprint density at radius 3 is 2.95 bits per heavy atom. The molecule has 2 aliphatic rings. The van der Waals surface area contributed by atoms with Crippen LogP contribution in [0.25, 0.3) is 6.08 Å². The van der Waals surface area contributed by atoms with E-state index >= 15 is 0 Å². The average Bonchev–Trinajstić information content (AvgIpc) is 2.84. The fraction of sp³-hybridized carbons (Fsp3) is 0.118. The molecule has 0 fully saturated rings. The van der Waals surface area contributed by atoms with Gasteiger partial charge in [0.2, 0.25) is 5.72 Å². The molecule has 3 nitrogen and oxygen atoms in total. The number of rotatable bonds is 1. The SMILES string of the molecule is O=Cc1ccc2c(c1)C=CC1(Cc3ccccc3N1)O2. The molecule has 1 unspecified atom stereocenters. The third kappa shape index (κ3) is 1.63. The van der Waals surface area contributed by atoms with Crippen molar-refractivity contribution in [3.05, 3.63) is 65.2 Å². The molecular formula is C17H13NO2. The van der Waals surface area contributed by atoms with Gasteiger partial charge in [0.05, 0.1) is 0 Å². The zero-order valence-electron chi connectivity index (χ0n) is 10.8. The van der Waals surface area contributed by atoms with Crippen molar-refractivity contribution in [3.63, 3.8) is 0 Å². The highest BCUT2D eigenvalue weighted by atomic mass is 16.5. The Labute approximate surface area is 116 Å². The van der Waals surface area contributed by atoms with Crippen LogP contribution in [0.5, 0.6) is 5.75 Å². The average molecular weight is 263 g/mol. The summed E-state index contributed by atoms with van der Waals surface area (Å²) in [6.45, 7) is 0. The summed E-state index contributed by atoms with van der Waals surface area (Å²) in [5, 5.41) is 3.44. The van der Waals surface area contributed by atoms with Crippen LogP contribution in [0.15, 0.2) is 48.5 Å². The Morgan fingerprint density at radius 2 is 2.10 bits per heavy atom. The van der Waals surface area contributed by atoms with Crippen LogP contribution in [0.1, 0.15) is 21.5 Å². The van der Waals surface area contributed by atoms with Crippen molar-refractivity contribution in [3.8, 4) is 5.75 Å². The molecule has 0 amide bonds. The van der Waals surface area contributed by atoms with Gasteiger partial charge >= 0.3 is 0 Å². The van der Waals surface area contributed by atoms with E-state index in [1.165, 1.54) is 5.56 Å². The lowest BCUT2D eigenvalue weighted by Crippen LogP contribution is -2.41. The van der Waals surface area contributed by atoms with Gasteiger partial charge in [0.25, 0.3) is 0 Å². The Morgan fingerprint density at radius 1 is 1.20 bits per heavy atom. The first kappa shape index (κ1) is 11.3. The third-order valence-electron chi connectivity index (χ3n) is 3.81. The van der Waals surface area contributed by atoms with Gasteiger partial charge in [-0.2, -0.15) is 0 Å². The highest BCUT2D eigenvalue weighted by Crippen LogP contribution is 2.39. The zero-order chi connectivity index (χ0) is 13.6. The normalized spacial score (nSPS) is 21.8. The Hall–Kier alpha value is -2.55. The predicted octanol–water partition coefficient (Wildman–Crippen LogP) is 3.27. The van der Waals surface area contributed by atoms with Gasteiger partial charge in [0.15, 0.2) is 0 Å². The summed E-state index contributed by atoms with van der Waals surface area (Å²) in [6.07, 6.45) is 5.70. The van der Waals surface area contributed by atoms with Gasteiger partial charge in [-0.3, -0.25) is 4.79 Å². The second-order valence-corrected chi connectivity index (χ2v) is 5.20. The Balaban J connectivity index is 1.71. The highest BCUT2D eigenvalue weighted by Gasteiger charge is 2.38. The Kier molecular flexibility index (Phi) is 2.24. The van der Waals surface area contributed by atoms with Crippen LogP contribution >= 0.6 is 0 Å². The van der Waals surface area contributed by atoms with Crippen LogP contribution in [0.2, 0.25) is 0 Å². The minimum atomic E-state index is -0.501. The Bertz CT molecular complexity index is 709. The second kappa shape index (κ2) is 3.97. The zero-order valence-corrected chi connectivity index (χ0v) is 10.8. The number of benzene rings is 2. The van der Waals surface area contributed by atoms with Crippen molar-refractivity contribution in [1.82, 2.24) is 0 Å². The fourth-order valence-corrected chi connectivity index (χ4v) is 2.83. The topological polar surface area (TPSA) is 38.3 Å². The number of hydrogen-bond donors (Lipinski definition) is 1. The van der Waals surface area contributed by atoms with Crippen LogP contribution in [0, 0.1) is 0 Å². The number of anilines is 1. The van der Waals surface area contributed by atoms with Gasteiger partial charge in [-0.1, -0.05) is 18.2 Å². The molecule has 0 aromatic heterocycles. The monoisotopic (exact) mass is 263 g/mol. The number of hydrogen-bond acceptors (Lipinski definition) is 3. The molecule has 4 rings (SSSR count). The first-order valence-corrected chi connectivity index (χ1v) is 6.62. The largest absolute Gasteiger partial charge is 0.464 e. The molecule has 1 spiro atoms. The van der Waals surface area contributed by atoms with Gasteiger partial charge in [-0.05, 0) is 42.0 Å². The lowest BCUT2D eigenvalue weighted by molar-refractivity contribution is 0.112. The van der Waals surface area contributed by atoms with Crippen LogP contribution in [-0.4, -0.2) is 12.0 Å². The summed E-state index contributed by atoms with van der Waals surface area (Å²) < 4.78 is 6.15. The van der Waals surface area contributed by atoms with Crippen LogP contribution < -0.4 is 10.1 Å². The second-order valence-electron chi connectivity index (χ2n) is 5.20. The molecule has 0 aliphatic carbocycles. The fourth-order valence-electron chi connectivity index (χ4n) is 2.83. The summed E-state index contributed by atoms with van der Waals surface area (Å²) >= 11 is 0. The number of fused-ring (bicyclic) bond motifs is 2. The van der Waals surface area contributed by atoms with Crippen molar-refractivity contribution in [2.45, 2.75) is 12.1 Å². The van der Waals surface area contributed by atoms with Crippen molar-refractivity contribution in [2.75, 3.05) is 5.32 Å². The van der Waals surface area contributed by atoms with Crippen LogP contribution in [0.3, 0.4) is 0 Å². The first-order chi connectivity index (χ1) is 9.78. The quantitative estimate of drug-likeness (QED) is 0.802. The van der Waals surface area contributed by atoms with Crippen LogP contribution in [-0.2, 0) is 6.42 Å². The molecule has 3 heteroatoms. The molecule has 0 saturated carbocycles. The van der Waals surface area contributed by atoms with E-state index in [1.54, 1.807) is 6.07 Å². The molecule has 20 heavy (non-hydrogen) atoms. The molecule has 2 aliphatic heterocycles. The minimum absolute atomic E-state index is 0.501. The first-order valence-electron chi connectivity index (χ1n) is 6.62. The summed E-state index contributed by atoms with van der Waals surface area (Å²) in [5.41, 5.74) is 3.48. The van der Waals surface area contributed by atoms with Gasteiger partial charge in [0.1, 0.15) is 12.0 Å². The van der Waals surface area contributed by atoms with E-state index in [1.807, 2.05) is 36.4 Å². The molecule has 0 radical (unpaired) electrons. The van der Waals surface area contributed by atoms with Gasteiger partial charge in [0, 0.05) is 23.2 Å².